The highest BCUT2D eigenvalue weighted by molar-refractivity contribution is 6.32. The predicted octanol–water partition coefficient (Wildman–Crippen LogP) is 4.40. The van der Waals surface area contributed by atoms with Gasteiger partial charge in [-0.3, -0.25) is 0 Å². The highest BCUT2D eigenvalue weighted by Crippen LogP contribution is 2.29. The van der Waals surface area contributed by atoms with Crippen LogP contribution in [0, 0.1) is 12.5 Å². The average Bonchev–Trinajstić information content (AvgIpc) is 2.59. The first kappa shape index (κ1) is 18.5. The molecule has 2 aromatic rings. The fourth-order valence-corrected chi connectivity index (χ4v) is 1.83. The Kier molecular flexibility index (Phi) is 6.58. The average molecular weight is 370 g/mol. The van der Waals surface area contributed by atoms with Gasteiger partial charge in [0.15, 0.2) is 5.75 Å². The molecule has 2 rings (SSSR count). The Morgan fingerprint density at radius 1 is 1.40 bits per heavy atom. The van der Waals surface area contributed by atoms with Crippen LogP contribution in [0.5, 0.6) is 11.5 Å². The third-order valence-electron chi connectivity index (χ3n) is 2.84. The molecule has 1 aromatic carbocycles. The van der Waals surface area contributed by atoms with Crippen LogP contribution in [0.4, 0.5) is 14.5 Å². The van der Waals surface area contributed by atoms with Gasteiger partial charge >= 0.3 is 6.61 Å². The Hall–Kier alpha value is -2.81. The molecule has 0 unspecified atom stereocenters. The quantitative estimate of drug-likeness (QED) is 0.672. The number of nitrogens with zero attached hydrogens (tertiary/aromatic N) is 3. The number of alkyl halides is 2. The lowest BCUT2D eigenvalue weighted by Crippen LogP contribution is -2.04. The first-order valence-corrected chi connectivity index (χ1v) is 7.34. The maximum atomic E-state index is 12.3. The van der Waals surface area contributed by atoms with Crippen molar-refractivity contribution in [2.45, 2.75) is 13.5 Å². The predicted molar refractivity (Wildman–Crippen MR) is 87.2 cm³/mol. The van der Waals surface area contributed by atoms with Crippen molar-refractivity contribution in [1.29, 1.82) is 5.53 Å². The van der Waals surface area contributed by atoms with Crippen molar-refractivity contribution < 1.29 is 18.3 Å². The molecule has 132 valence electrons. The normalized spacial score (nSPS) is 11.3. The molecular formula is C15H14ClF2N5O2. The van der Waals surface area contributed by atoms with E-state index < -0.39 is 6.61 Å². The number of halogens is 3. The van der Waals surface area contributed by atoms with Crippen LogP contribution in [-0.4, -0.2) is 23.2 Å². The minimum atomic E-state index is -2.98. The zero-order chi connectivity index (χ0) is 18.2. The molecule has 0 amide bonds. The van der Waals surface area contributed by atoms with Crippen LogP contribution < -0.4 is 14.8 Å². The minimum absolute atomic E-state index is 0.00307. The summed E-state index contributed by atoms with van der Waals surface area (Å²) in [7, 11) is 0. The monoisotopic (exact) mass is 369 g/mol. The number of hydrogen-bond donors (Lipinski definition) is 2. The number of aryl methyl sites for hydroxylation is 1. The Morgan fingerprint density at radius 2 is 2.12 bits per heavy atom. The molecular weight excluding hydrogens is 356 g/mol. The summed E-state index contributed by atoms with van der Waals surface area (Å²) in [6.07, 6.45) is 4.41. The molecule has 1 heterocycles. The van der Waals surface area contributed by atoms with E-state index >= 15 is 0 Å². The van der Waals surface area contributed by atoms with Crippen molar-refractivity contribution in [3.8, 4) is 11.5 Å². The maximum Gasteiger partial charge on any atom is 0.387 e. The molecule has 25 heavy (non-hydrogen) atoms. The van der Waals surface area contributed by atoms with Gasteiger partial charge in [-0.05, 0) is 19.1 Å². The molecule has 2 N–H and O–H groups in total. The van der Waals surface area contributed by atoms with Gasteiger partial charge < -0.3 is 14.8 Å². The van der Waals surface area contributed by atoms with Gasteiger partial charge in [-0.25, -0.2) is 15.5 Å². The van der Waals surface area contributed by atoms with Crippen molar-refractivity contribution in [3.63, 3.8) is 0 Å². The van der Waals surface area contributed by atoms with E-state index in [1.165, 1.54) is 30.7 Å². The van der Waals surface area contributed by atoms with Gasteiger partial charge in [-0.2, -0.15) is 13.9 Å². The summed E-state index contributed by atoms with van der Waals surface area (Å²) in [5.41, 5.74) is 7.84. The van der Waals surface area contributed by atoms with E-state index in [0.717, 1.165) is 0 Å². The lowest BCUT2D eigenvalue weighted by atomic mass is 10.3. The minimum Gasteiger partial charge on any atom is -0.484 e. The number of nitrogens with one attached hydrogen (secondary N) is 2. The fraction of sp³-hybridized carbons (Fsp3) is 0.200. The van der Waals surface area contributed by atoms with Gasteiger partial charge in [0, 0.05) is 18.0 Å². The van der Waals surface area contributed by atoms with E-state index in [9.17, 15) is 8.78 Å². The molecule has 0 bridgehead atoms. The van der Waals surface area contributed by atoms with Crippen LogP contribution in [0.25, 0.3) is 0 Å². The molecule has 1 aromatic heterocycles. The van der Waals surface area contributed by atoms with Gasteiger partial charge in [-0.15, -0.1) is 0 Å². The van der Waals surface area contributed by atoms with Gasteiger partial charge in [0.05, 0.1) is 17.4 Å². The van der Waals surface area contributed by atoms with Crippen LogP contribution in [0.3, 0.4) is 0 Å². The van der Waals surface area contributed by atoms with E-state index in [-0.39, 0.29) is 23.1 Å². The van der Waals surface area contributed by atoms with E-state index in [4.69, 9.17) is 21.9 Å². The van der Waals surface area contributed by atoms with Crippen LogP contribution >= 0.6 is 11.6 Å². The fourth-order valence-electron chi connectivity index (χ4n) is 1.66. The number of benzene rings is 1. The van der Waals surface area contributed by atoms with E-state index in [1.807, 2.05) is 0 Å². The largest absolute Gasteiger partial charge is 0.484 e. The van der Waals surface area contributed by atoms with E-state index in [0.29, 0.717) is 17.3 Å². The Balaban J connectivity index is 2.00. The highest BCUT2D eigenvalue weighted by Gasteiger charge is 2.09. The Bertz CT molecular complexity index is 756. The molecule has 0 spiro atoms. The summed E-state index contributed by atoms with van der Waals surface area (Å²) in [4.78, 5) is 7.96. The summed E-state index contributed by atoms with van der Waals surface area (Å²) in [6.45, 7) is -1.24. The number of rotatable bonds is 8. The molecule has 7 nitrogen and oxygen atoms in total. The van der Waals surface area contributed by atoms with Crippen LogP contribution in [-0.2, 0) is 0 Å². The zero-order valence-electron chi connectivity index (χ0n) is 13.0. The SMILES string of the molecule is Cc1ncc(OC/C(=C/Nc2ccc(Cl)c(OC(F)F)c2)N=N)cn1. The van der Waals surface area contributed by atoms with Crippen molar-refractivity contribution in [2.24, 2.45) is 5.11 Å². The summed E-state index contributed by atoms with van der Waals surface area (Å²) in [6, 6.07) is 4.28. The molecule has 0 radical (unpaired) electrons. The topological polar surface area (TPSA) is 92.5 Å². The molecule has 0 aliphatic heterocycles. The zero-order valence-corrected chi connectivity index (χ0v) is 13.8. The highest BCUT2D eigenvalue weighted by atomic mass is 35.5. The first-order valence-electron chi connectivity index (χ1n) is 6.97. The molecule has 0 aliphatic rings. The van der Waals surface area contributed by atoms with Crippen LogP contribution in [0.1, 0.15) is 5.82 Å². The number of ether oxygens (including phenoxy) is 2. The second-order valence-corrected chi connectivity index (χ2v) is 5.08. The summed E-state index contributed by atoms with van der Waals surface area (Å²) < 4.78 is 34.3. The molecule has 0 saturated carbocycles. The summed E-state index contributed by atoms with van der Waals surface area (Å²) in [5, 5.41) is 6.20. The molecule has 0 saturated heterocycles. The molecule has 0 atom stereocenters. The standard InChI is InChI=1S/C15H14ClF2N5O2/c1-9-20-6-12(7-21-9)24-8-11(23-19)5-22-10-2-3-13(16)14(4-10)25-15(17)18/h2-7,15,19,22H,8H2,1H3/b11-5-,23-19?. The van der Waals surface area contributed by atoms with Gasteiger partial charge in [0.25, 0.3) is 0 Å². The van der Waals surface area contributed by atoms with Gasteiger partial charge in [-0.1, -0.05) is 11.6 Å². The van der Waals surface area contributed by atoms with Crippen molar-refractivity contribution in [1.82, 2.24) is 9.97 Å². The van der Waals surface area contributed by atoms with Crippen molar-refractivity contribution in [3.05, 3.63) is 53.3 Å². The smallest absolute Gasteiger partial charge is 0.387 e. The second kappa shape index (κ2) is 8.88. The van der Waals surface area contributed by atoms with E-state index in [1.54, 1.807) is 13.0 Å². The van der Waals surface area contributed by atoms with Gasteiger partial charge in [0.2, 0.25) is 0 Å². The maximum absolute atomic E-state index is 12.3. The van der Waals surface area contributed by atoms with E-state index in [2.05, 4.69) is 25.1 Å². The van der Waals surface area contributed by atoms with Gasteiger partial charge in [0.1, 0.15) is 23.9 Å². The Labute approximate surface area is 147 Å². The molecule has 0 fully saturated rings. The van der Waals surface area contributed by atoms with Crippen LogP contribution in [0.2, 0.25) is 5.02 Å². The number of anilines is 1. The van der Waals surface area contributed by atoms with Crippen molar-refractivity contribution in [2.75, 3.05) is 11.9 Å². The first-order chi connectivity index (χ1) is 12.0. The molecule has 0 aliphatic carbocycles. The lowest BCUT2D eigenvalue weighted by molar-refractivity contribution is -0.0497. The third kappa shape index (κ3) is 5.96. The number of hydrogen-bond acceptors (Lipinski definition) is 7. The third-order valence-corrected chi connectivity index (χ3v) is 3.15. The lowest BCUT2D eigenvalue weighted by Gasteiger charge is -2.09. The summed E-state index contributed by atoms with van der Waals surface area (Å²) in [5.74, 6) is 0.881. The Morgan fingerprint density at radius 3 is 2.76 bits per heavy atom. The molecule has 10 heteroatoms. The van der Waals surface area contributed by atoms with Crippen molar-refractivity contribution >= 4 is 17.3 Å². The second-order valence-electron chi connectivity index (χ2n) is 4.67. The summed E-state index contributed by atoms with van der Waals surface area (Å²) >= 11 is 5.78. The number of aromatic nitrogens is 2. The van der Waals surface area contributed by atoms with Crippen LogP contribution in [0.15, 0.2) is 47.6 Å².